The Hall–Kier alpha value is -3.60. The van der Waals surface area contributed by atoms with Gasteiger partial charge in [0.1, 0.15) is 5.75 Å². The van der Waals surface area contributed by atoms with Crippen LogP contribution < -0.4 is 15.4 Å². The Bertz CT molecular complexity index is 1080. The number of amides is 2. The van der Waals surface area contributed by atoms with Crippen LogP contribution in [-0.4, -0.2) is 18.4 Å². The smallest absolute Gasteiger partial charge is 0.259 e. The molecule has 166 valence electrons. The first-order valence-corrected chi connectivity index (χ1v) is 10.8. The highest BCUT2D eigenvalue weighted by atomic mass is 16.5. The number of nitrogens with one attached hydrogen (secondary N) is 2. The van der Waals surface area contributed by atoms with E-state index in [1.54, 1.807) is 42.5 Å². The van der Waals surface area contributed by atoms with Crippen LogP contribution in [0.1, 0.15) is 60.4 Å². The number of benzene rings is 3. The summed E-state index contributed by atoms with van der Waals surface area (Å²) >= 11 is 0. The molecule has 0 spiro atoms. The lowest BCUT2D eigenvalue weighted by atomic mass is 9.87. The number of rotatable bonds is 7. The summed E-state index contributed by atoms with van der Waals surface area (Å²) in [7, 11) is 0. The molecule has 0 fully saturated rings. The highest BCUT2D eigenvalue weighted by Gasteiger charge is 2.15. The molecule has 0 aromatic heterocycles. The summed E-state index contributed by atoms with van der Waals surface area (Å²) in [4.78, 5) is 25.4. The van der Waals surface area contributed by atoms with Crippen LogP contribution in [-0.2, 0) is 5.41 Å². The van der Waals surface area contributed by atoms with Crippen LogP contribution in [0.4, 0.5) is 11.4 Å². The van der Waals surface area contributed by atoms with E-state index in [4.69, 9.17) is 4.74 Å². The zero-order valence-electron chi connectivity index (χ0n) is 19.1. The zero-order chi connectivity index (χ0) is 23.1. The molecule has 32 heavy (non-hydrogen) atoms. The van der Waals surface area contributed by atoms with E-state index < -0.39 is 0 Å². The highest BCUT2D eigenvalue weighted by molar-refractivity contribution is 6.07. The molecule has 2 amide bonds. The Morgan fingerprint density at radius 2 is 1.44 bits per heavy atom. The highest BCUT2D eigenvalue weighted by Crippen LogP contribution is 2.24. The molecule has 2 N–H and O–H groups in total. The normalized spacial score (nSPS) is 11.0. The predicted molar refractivity (Wildman–Crippen MR) is 130 cm³/mol. The first-order valence-electron chi connectivity index (χ1n) is 10.8. The van der Waals surface area contributed by atoms with E-state index in [-0.39, 0.29) is 17.2 Å². The summed E-state index contributed by atoms with van der Waals surface area (Å²) in [6.45, 7) is 8.96. The second kappa shape index (κ2) is 10.1. The molecule has 0 aliphatic rings. The maximum atomic E-state index is 12.8. The van der Waals surface area contributed by atoms with Gasteiger partial charge in [-0.3, -0.25) is 9.59 Å². The average molecular weight is 431 g/mol. The van der Waals surface area contributed by atoms with Gasteiger partial charge < -0.3 is 15.4 Å². The van der Waals surface area contributed by atoms with Gasteiger partial charge in [0.05, 0.1) is 12.2 Å². The Morgan fingerprint density at radius 3 is 2.06 bits per heavy atom. The van der Waals surface area contributed by atoms with Gasteiger partial charge in [-0.2, -0.15) is 0 Å². The quantitative estimate of drug-likeness (QED) is 0.464. The predicted octanol–water partition coefficient (Wildman–Crippen LogP) is 6.28. The fourth-order valence-electron chi connectivity index (χ4n) is 3.19. The molecule has 3 aromatic carbocycles. The summed E-state index contributed by atoms with van der Waals surface area (Å²) in [6, 6.07) is 21.8. The Morgan fingerprint density at radius 1 is 0.812 bits per heavy atom. The van der Waals surface area contributed by atoms with Crippen molar-refractivity contribution in [2.45, 2.75) is 39.5 Å². The molecule has 5 heteroatoms. The van der Waals surface area contributed by atoms with Crippen LogP contribution in [0.25, 0.3) is 0 Å². The van der Waals surface area contributed by atoms with Crippen molar-refractivity contribution in [3.8, 4) is 5.75 Å². The Labute approximate surface area is 189 Å². The second-order valence-electron chi connectivity index (χ2n) is 8.66. The summed E-state index contributed by atoms with van der Waals surface area (Å²) in [5.41, 5.74) is 3.43. The second-order valence-corrected chi connectivity index (χ2v) is 8.66. The summed E-state index contributed by atoms with van der Waals surface area (Å²) in [6.07, 6.45) is 0.858. The molecule has 3 aromatic rings. The number of ether oxygens (including phenoxy) is 1. The van der Waals surface area contributed by atoms with Crippen LogP contribution in [0, 0.1) is 0 Å². The van der Waals surface area contributed by atoms with E-state index in [1.165, 1.54) is 5.56 Å². The van der Waals surface area contributed by atoms with Crippen LogP contribution >= 0.6 is 0 Å². The number of para-hydroxylation sites is 1. The molecule has 3 rings (SSSR count). The van der Waals surface area contributed by atoms with Crippen molar-refractivity contribution in [2.75, 3.05) is 17.2 Å². The van der Waals surface area contributed by atoms with Crippen molar-refractivity contribution in [1.82, 2.24) is 0 Å². The van der Waals surface area contributed by atoms with Gasteiger partial charge in [0.15, 0.2) is 0 Å². The number of carbonyl (C=O) groups excluding carboxylic acids is 2. The monoisotopic (exact) mass is 430 g/mol. The molecule has 0 aliphatic heterocycles. The third kappa shape index (κ3) is 5.97. The minimum absolute atomic E-state index is 0.0295. The fourth-order valence-corrected chi connectivity index (χ4v) is 3.19. The number of hydrogen-bond acceptors (Lipinski definition) is 3. The van der Waals surface area contributed by atoms with Gasteiger partial charge in [0.2, 0.25) is 0 Å². The largest absolute Gasteiger partial charge is 0.493 e. The maximum absolute atomic E-state index is 12.8. The molecular weight excluding hydrogens is 400 g/mol. The first kappa shape index (κ1) is 23.1. The van der Waals surface area contributed by atoms with E-state index in [0.717, 1.165) is 6.42 Å². The van der Waals surface area contributed by atoms with Crippen LogP contribution in [0.3, 0.4) is 0 Å². The molecule has 0 saturated heterocycles. The van der Waals surface area contributed by atoms with Gasteiger partial charge in [0, 0.05) is 16.9 Å². The third-order valence-electron chi connectivity index (χ3n) is 4.98. The lowest BCUT2D eigenvalue weighted by Gasteiger charge is -2.19. The molecule has 0 heterocycles. The summed E-state index contributed by atoms with van der Waals surface area (Å²) in [5.74, 6) is 0.0835. The van der Waals surface area contributed by atoms with Gasteiger partial charge in [-0.15, -0.1) is 0 Å². The minimum atomic E-state index is -0.266. The van der Waals surface area contributed by atoms with E-state index in [2.05, 4.69) is 31.4 Å². The van der Waals surface area contributed by atoms with Crippen LogP contribution in [0.2, 0.25) is 0 Å². The van der Waals surface area contributed by atoms with Gasteiger partial charge in [-0.1, -0.05) is 58.0 Å². The van der Waals surface area contributed by atoms with Gasteiger partial charge in [0.25, 0.3) is 11.8 Å². The molecule has 0 unspecified atom stereocenters. The molecule has 0 bridgehead atoms. The third-order valence-corrected chi connectivity index (χ3v) is 4.98. The van der Waals surface area contributed by atoms with Crippen LogP contribution in [0.5, 0.6) is 5.75 Å². The van der Waals surface area contributed by atoms with Crippen molar-refractivity contribution < 1.29 is 14.3 Å². The van der Waals surface area contributed by atoms with Gasteiger partial charge in [-0.05, 0) is 59.9 Å². The minimum Gasteiger partial charge on any atom is -0.493 e. The summed E-state index contributed by atoms with van der Waals surface area (Å²) < 4.78 is 5.68. The van der Waals surface area contributed by atoms with Crippen molar-refractivity contribution >= 4 is 23.2 Å². The van der Waals surface area contributed by atoms with Gasteiger partial charge >= 0.3 is 0 Å². The fraction of sp³-hybridized carbons (Fsp3) is 0.259. The van der Waals surface area contributed by atoms with Crippen LogP contribution in [0.15, 0.2) is 72.8 Å². The van der Waals surface area contributed by atoms with E-state index >= 15 is 0 Å². The summed E-state index contributed by atoms with van der Waals surface area (Å²) in [5, 5.41) is 5.78. The molecule has 0 aliphatic carbocycles. The topological polar surface area (TPSA) is 67.4 Å². The van der Waals surface area contributed by atoms with E-state index in [0.29, 0.717) is 34.9 Å². The molecular formula is C27H30N2O3. The number of carbonyl (C=O) groups is 2. The van der Waals surface area contributed by atoms with Crippen molar-refractivity contribution in [2.24, 2.45) is 0 Å². The van der Waals surface area contributed by atoms with E-state index in [1.807, 2.05) is 37.3 Å². The Kier molecular flexibility index (Phi) is 7.31. The lowest BCUT2D eigenvalue weighted by molar-refractivity contribution is 0.101. The number of hydrogen-bond donors (Lipinski definition) is 2. The van der Waals surface area contributed by atoms with Gasteiger partial charge in [-0.25, -0.2) is 0 Å². The van der Waals surface area contributed by atoms with Crippen molar-refractivity contribution in [3.05, 3.63) is 89.5 Å². The zero-order valence-corrected chi connectivity index (χ0v) is 19.1. The molecule has 0 radical (unpaired) electrons. The number of anilines is 2. The average Bonchev–Trinajstić information content (AvgIpc) is 2.77. The standard InChI is InChI=1S/C27H30N2O3/c1-5-17-32-24-12-7-6-11-23(24)26(31)29-22-10-8-9-21(18-22)28-25(30)19-13-15-20(16-14-19)27(2,3)4/h6-16,18H,5,17H2,1-4H3,(H,28,30)(H,29,31). The van der Waals surface area contributed by atoms with Crippen molar-refractivity contribution in [3.63, 3.8) is 0 Å². The first-order chi connectivity index (χ1) is 15.3. The molecule has 0 atom stereocenters. The molecule has 5 nitrogen and oxygen atoms in total. The SMILES string of the molecule is CCCOc1ccccc1C(=O)Nc1cccc(NC(=O)c2ccc(C(C)(C)C)cc2)c1. The van der Waals surface area contributed by atoms with Crippen molar-refractivity contribution in [1.29, 1.82) is 0 Å². The lowest BCUT2D eigenvalue weighted by Crippen LogP contribution is -2.15. The maximum Gasteiger partial charge on any atom is 0.259 e. The van der Waals surface area contributed by atoms with E-state index in [9.17, 15) is 9.59 Å². The molecule has 0 saturated carbocycles. The Balaban J connectivity index is 1.69.